The maximum absolute atomic E-state index is 4.38. The van der Waals surface area contributed by atoms with E-state index in [-0.39, 0.29) is 0 Å². The highest BCUT2D eigenvalue weighted by molar-refractivity contribution is 9.10. The lowest BCUT2D eigenvalue weighted by molar-refractivity contribution is 1.52. The molecule has 0 atom stereocenters. The van der Waals surface area contributed by atoms with Crippen LogP contribution in [0.25, 0.3) is 0 Å². The second-order valence-corrected chi connectivity index (χ2v) is 3.97. The first-order valence-electron chi connectivity index (χ1n) is 4.70. The van der Waals surface area contributed by atoms with Crippen LogP contribution in [0.15, 0.2) is 64.1 Å². The third kappa shape index (κ3) is 2.77. The van der Waals surface area contributed by atoms with Crippen LogP contribution in [0, 0.1) is 0 Å². The Morgan fingerprint density at radius 3 is 2.27 bits per heavy atom. The predicted molar refractivity (Wildman–Crippen MR) is 67.8 cm³/mol. The minimum absolute atomic E-state index is 0.966. The van der Waals surface area contributed by atoms with Gasteiger partial charge in [-0.05, 0) is 18.2 Å². The fourth-order valence-electron chi connectivity index (χ4n) is 1.24. The molecule has 0 aliphatic rings. The number of benzene rings is 2. The molecular formula is C13H10BrN. The zero-order valence-electron chi connectivity index (χ0n) is 8.10. The number of aliphatic imine (C=N–C) groups is 1. The van der Waals surface area contributed by atoms with Crippen molar-refractivity contribution in [1.29, 1.82) is 0 Å². The summed E-state index contributed by atoms with van der Waals surface area (Å²) in [7, 11) is 0. The molecule has 0 aliphatic heterocycles. The van der Waals surface area contributed by atoms with Gasteiger partial charge in [0.05, 0.1) is 5.69 Å². The van der Waals surface area contributed by atoms with Crippen LogP contribution in [0.4, 0.5) is 5.69 Å². The normalized spacial score (nSPS) is 10.7. The number of rotatable bonds is 2. The molecule has 0 aliphatic carbocycles. The lowest BCUT2D eigenvalue weighted by Crippen LogP contribution is -1.81. The molecule has 0 heterocycles. The van der Waals surface area contributed by atoms with Crippen molar-refractivity contribution in [3.63, 3.8) is 0 Å². The van der Waals surface area contributed by atoms with E-state index in [2.05, 4.69) is 20.9 Å². The Labute approximate surface area is 97.6 Å². The zero-order valence-corrected chi connectivity index (χ0v) is 9.68. The molecule has 0 amide bonds. The molecule has 0 fully saturated rings. The zero-order chi connectivity index (χ0) is 10.5. The maximum Gasteiger partial charge on any atom is 0.0629 e. The van der Waals surface area contributed by atoms with Crippen molar-refractivity contribution in [2.24, 2.45) is 4.99 Å². The van der Waals surface area contributed by atoms with E-state index in [1.807, 2.05) is 60.8 Å². The lowest BCUT2D eigenvalue weighted by Gasteiger charge is -1.96. The van der Waals surface area contributed by atoms with Crippen LogP contribution in [0.2, 0.25) is 0 Å². The lowest BCUT2D eigenvalue weighted by atomic mass is 10.2. The van der Waals surface area contributed by atoms with Crippen molar-refractivity contribution >= 4 is 27.8 Å². The van der Waals surface area contributed by atoms with E-state index in [1.54, 1.807) is 0 Å². The molecule has 0 N–H and O–H groups in total. The third-order valence-corrected chi connectivity index (χ3v) is 2.74. The predicted octanol–water partition coefficient (Wildman–Crippen LogP) is 4.20. The van der Waals surface area contributed by atoms with Crippen molar-refractivity contribution < 1.29 is 0 Å². The highest BCUT2D eigenvalue weighted by atomic mass is 79.9. The Morgan fingerprint density at radius 2 is 1.53 bits per heavy atom. The molecule has 1 nitrogen and oxygen atoms in total. The fourth-order valence-corrected chi connectivity index (χ4v) is 1.63. The van der Waals surface area contributed by atoms with Gasteiger partial charge in [0.15, 0.2) is 0 Å². The van der Waals surface area contributed by atoms with Crippen molar-refractivity contribution in [1.82, 2.24) is 0 Å². The van der Waals surface area contributed by atoms with E-state index < -0.39 is 0 Å². The Balaban J connectivity index is 2.23. The van der Waals surface area contributed by atoms with Gasteiger partial charge >= 0.3 is 0 Å². The van der Waals surface area contributed by atoms with Crippen molar-refractivity contribution in [2.45, 2.75) is 0 Å². The van der Waals surface area contributed by atoms with Gasteiger partial charge in [-0.1, -0.05) is 52.3 Å². The van der Waals surface area contributed by atoms with Gasteiger partial charge in [0, 0.05) is 16.3 Å². The first kappa shape index (κ1) is 10.1. The highest BCUT2D eigenvalue weighted by Crippen LogP contribution is 2.15. The molecule has 0 radical (unpaired) electrons. The van der Waals surface area contributed by atoms with E-state index in [9.17, 15) is 0 Å². The summed E-state index contributed by atoms with van der Waals surface area (Å²) in [5.74, 6) is 0. The summed E-state index contributed by atoms with van der Waals surface area (Å²) in [6.07, 6.45) is 1.86. The van der Waals surface area contributed by atoms with Crippen molar-refractivity contribution in [3.8, 4) is 0 Å². The molecule has 2 heteroatoms. The molecule has 0 spiro atoms. The minimum atomic E-state index is 0.966. The van der Waals surface area contributed by atoms with Crippen molar-refractivity contribution in [3.05, 3.63) is 64.6 Å². The van der Waals surface area contributed by atoms with Crippen LogP contribution in [-0.2, 0) is 0 Å². The summed E-state index contributed by atoms with van der Waals surface area (Å²) in [6.45, 7) is 0. The summed E-state index contributed by atoms with van der Waals surface area (Å²) in [5, 5.41) is 0. The first-order chi connectivity index (χ1) is 7.36. The standard InChI is InChI=1S/C13H10BrN/c14-13-9-5-4-6-11(13)10-15-12-7-2-1-3-8-12/h1-10H. The second kappa shape index (κ2) is 4.89. The molecule has 74 valence electrons. The second-order valence-electron chi connectivity index (χ2n) is 3.12. The van der Waals surface area contributed by atoms with Crippen molar-refractivity contribution in [2.75, 3.05) is 0 Å². The smallest absolute Gasteiger partial charge is 0.0629 e. The molecule has 0 aromatic heterocycles. The highest BCUT2D eigenvalue weighted by Gasteiger charge is 1.93. The molecule has 0 unspecified atom stereocenters. The van der Waals surface area contributed by atoms with Crippen LogP contribution >= 0.6 is 15.9 Å². The van der Waals surface area contributed by atoms with Crippen LogP contribution in [0.1, 0.15) is 5.56 Å². The Hall–Kier alpha value is -1.41. The summed E-state index contributed by atoms with van der Waals surface area (Å²) < 4.78 is 1.06. The average molecular weight is 260 g/mol. The van der Waals surface area contributed by atoms with Gasteiger partial charge in [-0.25, -0.2) is 0 Å². The largest absolute Gasteiger partial charge is 0.256 e. The molecular weight excluding hydrogens is 250 g/mol. The van der Waals surface area contributed by atoms with Gasteiger partial charge in [-0.2, -0.15) is 0 Å². The van der Waals surface area contributed by atoms with Gasteiger partial charge in [0.25, 0.3) is 0 Å². The van der Waals surface area contributed by atoms with E-state index in [1.165, 1.54) is 0 Å². The molecule has 0 saturated carbocycles. The van der Waals surface area contributed by atoms with Crippen LogP contribution < -0.4 is 0 Å². The van der Waals surface area contributed by atoms with Crippen LogP contribution in [0.5, 0.6) is 0 Å². The summed E-state index contributed by atoms with van der Waals surface area (Å²) >= 11 is 3.48. The minimum Gasteiger partial charge on any atom is -0.256 e. The number of para-hydroxylation sites is 1. The maximum atomic E-state index is 4.38. The SMILES string of the molecule is Brc1ccccc1C=Nc1ccccc1. The first-order valence-corrected chi connectivity index (χ1v) is 5.49. The topological polar surface area (TPSA) is 12.4 Å². The summed E-state index contributed by atoms with van der Waals surface area (Å²) in [5.41, 5.74) is 2.05. The van der Waals surface area contributed by atoms with Crippen LogP contribution in [0.3, 0.4) is 0 Å². The third-order valence-electron chi connectivity index (χ3n) is 2.01. The number of hydrogen-bond acceptors (Lipinski definition) is 1. The molecule has 15 heavy (non-hydrogen) atoms. The summed E-state index contributed by atoms with van der Waals surface area (Å²) in [4.78, 5) is 4.38. The quantitative estimate of drug-likeness (QED) is 0.717. The molecule has 0 saturated heterocycles. The summed E-state index contributed by atoms with van der Waals surface area (Å²) in [6, 6.07) is 17.9. The van der Waals surface area contributed by atoms with Gasteiger partial charge in [-0.15, -0.1) is 0 Å². The number of halogens is 1. The molecule has 0 bridgehead atoms. The molecule has 2 aromatic rings. The van der Waals surface area contributed by atoms with E-state index >= 15 is 0 Å². The van der Waals surface area contributed by atoms with Gasteiger partial charge in [-0.3, -0.25) is 4.99 Å². The number of nitrogens with zero attached hydrogens (tertiary/aromatic N) is 1. The fraction of sp³-hybridized carbons (Fsp3) is 0. The van der Waals surface area contributed by atoms with Crippen LogP contribution in [-0.4, -0.2) is 6.21 Å². The molecule has 2 rings (SSSR count). The monoisotopic (exact) mass is 259 g/mol. The van der Waals surface area contributed by atoms with Gasteiger partial charge in [0.1, 0.15) is 0 Å². The van der Waals surface area contributed by atoms with Gasteiger partial charge < -0.3 is 0 Å². The van der Waals surface area contributed by atoms with E-state index in [0.717, 1.165) is 15.7 Å². The Bertz CT molecular complexity index is 463. The van der Waals surface area contributed by atoms with Gasteiger partial charge in [0.2, 0.25) is 0 Å². The van der Waals surface area contributed by atoms with E-state index in [4.69, 9.17) is 0 Å². The average Bonchev–Trinajstić information content (AvgIpc) is 2.29. The van der Waals surface area contributed by atoms with E-state index in [0.29, 0.717) is 0 Å². The molecule has 2 aromatic carbocycles. The Morgan fingerprint density at radius 1 is 0.867 bits per heavy atom. The number of hydrogen-bond donors (Lipinski definition) is 0. The Kier molecular flexibility index (Phi) is 3.30.